The Morgan fingerprint density at radius 3 is 2.07 bits per heavy atom. The Hall–Kier alpha value is -0.310. The number of sulfone groups is 1. The van der Waals surface area contributed by atoms with Crippen LogP contribution in [0.25, 0.3) is 0 Å². The molecule has 0 aliphatic carbocycles. The SMILES string of the molecule is O=S(=O)(CI)c1cc(F)c(F)cc1F. The Balaban J connectivity index is 3.45. The van der Waals surface area contributed by atoms with Gasteiger partial charge in [0.25, 0.3) is 0 Å². The van der Waals surface area contributed by atoms with Crippen molar-refractivity contribution in [1.29, 1.82) is 0 Å². The molecule has 14 heavy (non-hydrogen) atoms. The van der Waals surface area contributed by atoms with E-state index in [9.17, 15) is 21.6 Å². The highest BCUT2D eigenvalue weighted by molar-refractivity contribution is 14.1. The third-order valence-electron chi connectivity index (χ3n) is 1.45. The fourth-order valence-corrected chi connectivity index (χ4v) is 2.56. The molecule has 0 unspecified atom stereocenters. The highest BCUT2D eigenvalue weighted by Gasteiger charge is 2.20. The van der Waals surface area contributed by atoms with Crippen LogP contribution in [0.1, 0.15) is 0 Å². The summed E-state index contributed by atoms with van der Waals surface area (Å²) in [6.45, 7) is 0. The number of benzene rings is 1. The first kappa shape index (κ1) is 11.8. The molecule has 0 saturated carbocycles. The van der Waals surface area contributed by atoms with Crippen LogP contribution in [-0.4, -0.2) is 12.2 Å². The molecule has 0 aromatic heterocycles. The van der Waals surface area contributed by atoms with E-state index in [2.05, 4.69) is 0 Å². The Morgan fingerprint density at radius 1 is 1.07 bits per heavy atom. The van der Waals surface area contributed by atoms with Crippen molar-refractivity contribution < 1.29 is 21.6 Å². The fraction of sp³-hybridized carbons (Fsp3) is 0.143. The average Bonchev–Trinajstić information content (AvgIpc) is 2.11. The third kappa shape index (κ3) is 2.19. The van der Waals surface area contributed by atoms with Gasteiger partial charge < -0.3 is 0 Å². The Morgan fingerprint density at radius 2 is 1.57 bits per heavy atom. The van der Waals surface area contributed by atoms with Crippen molar-refractivity contribution in [2.75, 3.05) is 3.76 Å². The van der Waals surface area contributed by atoms with E-state index in [1.165, 1.54) is 22.6 Å². The lowest BCUT2D eigenvalue weighted by Gasteiger charge is -2.02. The summed E-state index contributed by atoms with van der Waals surface area (Å²) < 4.78 is 59.9. The summed E-state index contributed by atoms with van der Waals surface area (Å²) >= 11 is 1.50. The summed E-state index contributed by atoms with van der Waals surface area (Å²) in [6, 6.07) is 0.563. The minimum atomic E-state index is -3.86. The highest BCUT2D eigenvalue weighted by atomic mass is 127. The van der Waals surface area contributed by atoms with Crippen LogP contribution >= 0.6 is 22.6 Å². The first-order valence-corrected chi connectivity index (χ1v) is 6.49. The molecule has 0 N–H and O–H groups in total. The van der Waals surface area contributed by atoms with Gasteiger partial charge in [-0.1, -0.05) is 22.6 Å². The van der Waals surface area contributed by atoms with Gasteiger partial charge in [0.05, 0.1) is 0 Å². The van der Waals surface area contributed by atoms with Crippen LogP contribution in [-0.2, 0) is 9.84 Å². The smallest absolute Gasteiger partial charge is 0.190 e. The van der Waals surface area contributed by atoms with Crippen LogP contribution < -0.4 is 0 Å². The normalized spacial score (nSPS) is 11.7. The van der Waals surface area contributed by atoms with Crippen molar-refractivity contribution in [3.8, 4) is 0 Å². The third-order valence-corrected chi connectivity index (χ3v) is 5.18. The van der Waals surface area contributed by atoms with E-state index in [0.717, 1.165) is 0 Å². The van der Waals surface area contributed by atoms with Gasteiger partial charge in [-0.2, -0.15) is 0 Å². The van der Waals surface area contributed by atoms with Crippen molar-refractivity contribution >= 4 is 32.4 Å². The molecule has 0 spiro atoms. The molecule has 1 aromatic carbocycles. The average molecular weight is 336 g/mol. The summed E-state index contributed by atoms with van der Waals surface area (Å²) in [5.41, 5.74) is 0. The molecular formula is C7H4F3IO2S. The van der Waals surface area contributed by atoms with Crippen molar-refractivity contribution in [1.82, 2.24) is 0 Å². The second kappa shape index (κ2) is 4.05. The summed E-state index contributed by atoms with van der Waals surface area (Å²) in [4.78, 5) is -0.814. The first-order valence-electron chi connectivity index (χ1n) is 3.32. The van der Waals surface area contributed by atoms with E-state index in [1.54, 1.807) is 0 Å². The molecule has 0 aliphatic rings. The molecule has 1 aromatic rings. The summed E-state index contributed by atoms with van der Waals surface area (Å²) in [5.74, 6) is -4.06. The van der Waals surface area contributed by atoms with Crippen LogP contribution in [0.15, 0.2) is 17.0 Å². The maximum Gasteiger partial charge on any atom is 0.190 e. The van der Waals surface area contributed by atoms with Gasteiger partial charge in [-0.25, -0.2) is 21.6 Å². The zero-order valence-electron chi connectivity index (χ0n) is 6.60. The Bertz CT molecular complexity index is 458. The lowest BCUT2D eigenvalue weighted by atomic mass is 10.3. The molecule has 0 amide bonds. The quantitative estimate of drug-likeness (QED) is 0.359. The number of halogens is 4. The molecule has 1 rings (SSSR count). The van der Waals surface area contributed by atoms with Gasteiger partial charge in [-0.15, -0.1) is 0 Å². The van der Waals surface area contributed by atoms with Gasteiger partial charge in [-0.05, 0) is 6.07 Å². The van der Waals surface area contributed by atoms with Gasteiger partial charge in [0.2, 0.25) is 0 Å². The molecule has 0 fully saturated rings. The van der Waals surface area contributed by atoms with E-state index in [0.29, 0.717) is 6.07 Å². The Labute approximate surface area is 92.2 Å². The summed E-state index contributed by atoms with van der Waals surface area (Å²) in [5, 5.41) is 0. The van der Waals surface area contributed by atoms with Crippen molar-refractivity contribution in [3.63, 3.8) is 0 Å². The van der Waals surface area contributed by atoms with Gasteiger partial charge >= 0.3 is 0 Å². The van der Waals surface area contributed by atoms with Crippen LogP contribution in [0.4, 0.5) is 13.2 Å². The largest absolute Gasteiger partial charge is 0.223 e. The zero-order valence-corrected chi connectivity index (χ0v) is 9.57. The predicted octanol–water partition coefficient (Wildman–Crippen LogP) is 2.27. The van der Waals surface area contributed by atoms with E-state index in [4.69, 9.17) is 0 Å². The minimum absolute atomic E-state index is 0.217. The van der Waals surface area contributed by atoms with Gasteiger partial charge in [0, 0.05) is 6.07 Å². The van der Waals surface area contributed by atoms with Crippen molar-refractivity contribution in [2.45, 2.75) is 4.90 Å². The highest BCUT2D eigenvalue weighted by Crippen LogP contribution is 2.20. The van der Waals surface area contributed by atoms with E-state index in [-0.39, 0.29) is 6.07 Å². The minimum Gasteiger partial charge on any atom is -0.223 e. The monoisotopic (exact) mass is 336 g/mol. The molecule has 0 radical (unpaired) electrons. The van der Waals surface area contributed by atoms with E-state index >= 15 is 0 Å². The van der Waals surface area contributed by atoms with Crippen LogP contribution in [0, 0.1) is 17.5 Å². The molecule has 2 nitrogen and oxygen atoms in total. The van der Waals surface area contributed by atoms with Crippen LogP contribution in [0.2, 0.25) is 0 Å². The van der Waals surface area contributed by atoms with Gasteiger partial charge in [0.15, 0.2) is 21.5 Å². The molecule has 0 heterocycles. The number of hydrogen-bond donors (Lipinski definition) is 0. The number of alkyl halides is 1. The predicted molar refractivity (Wildman–Crippen MR) is 52.4 cm³/mol. The van der Waals surface area contributed by atoms with Gasteiger partial charge in [-0.3, -0.25) is 0 Å². The van der Waals surface area contributed by atoms with E-state index < -0.39 is 35.9 Å². The number of hydrogen-bond acceptors (Lipinski definition) is 2. The van der Waals surface area contributed by atoms with E-state index in [1.807, 2.05) is 0 Å². The molecule has 0 aliphatic heterocycles. The second-order valence-electron chi connectivity index (χ2n) is 2.42. The first-order chi connectivity index (χ1) is 6.38. The maximum absolute atomic E-state index is 12.9. The molecular weight excluding hydrogens is 332 g/mol. The summed E-state index contributed by atoms with van der Waals surface area (Å²) in [7, 11) is -3.86. The van der Waals surface area contributed by atoms with Gasteiger partial charge in [0.1, 0.15) is 14.5 Å². The molecule has 0 atom stereocenters. The molecule has 7 heteroatoms. The standard InChI is InChI=1S/C7H4F3IO2S/c8-4-1-6(10)7(2-5(4)9)14(12,13)3-11/h1-2H,3H2. The topological polar surface area (TPSA) is 34.1 Å². The summed E-state index contributed by atoms with van der Waals surface area (Å²) in [6.07, 6.45) is 0. The van der Waals surface area contributed by atoms with Crippen molar-refractivity contribution in [2.24, 2.45) is 0 Å². The van der Waals surface area contributed by atoms with Crippen molar-refractivity contribution in [3.05, 3.63) is 29.6 Å². The zero-order chi connectivity index (χ0) is 10.9. The maximum atomic E-state index is 12.9. The Kier molecular flexibility index (Phi) is 3.40. The molecule has 78 valence electrons. The lowest BCUT2D eigenvalue weighted by Crippen LogP contribution is -2.06. The fourth-order valence-electron chi connectivity index (χ4n) is 0.801. The molecule has 0 saturated heterocycles. The lowest BCUT2D eigenvalue weighted by molar-refractivity contribution is 0.482. The molecule has 0 bridgehead atoms. The van der Waals surface area contributed by atoms with Crippen LogP contribution in [0.3, 0.4) is 0 Å². The van der Waals surface area contributed by atoms with Crippen LogP contribution in [0.5, 0.6) is 0 Å². The second-order valence-corrected chi connectivity index (χ2v) is 6.18. The number of rotatable bonds is 2.